The molecule has 1 fully saturated rings. The summed E-state index contributed by atoms with van der Waals surface area (Å²) in [6, 6.07) is 5.87. The van der Waals surface area contributed by atoms with E-state index in [1.54, 1.807) is 0 Å². The van der Waals surface area contributed by atoms with Crippen LogP contribution in [0.5, 0.6) is 0 Å². The molecular weight excluding hydrogens is 278 g/mol. The Hall–Kier alpha value is -2.04. The van der Waals surface area contributed by atoms with Crippen molar-refractivity contribution in [2.24, 2.45) is 0 Å². The van der Waals surface area contributed by atoms with Crippen LogP contribution in [0, 0.1) is 6.92 Å². The van der Waals surface area contributed by atoms with Crippen molar-refractivity contribution in [3.8, 4) is 0 Å². The number of piperidine rings is 1. The molecule has 5 heteroatoms. The average molecular weight is 301 g/mol. The summed E-state index contributed by atoms with van der Waals surface area (Å²) in [7, 11) is 0. The Morgan fingerprint density at radius 2 is 2.00 bits per heavy atom. The van der Waals surface area contributed by atoms with Crippen LogP contribution in [0.15, 0.2) is 18.2 Å². The second-order valence-corrected chi connectivity index (χ2v) is 6.29. The molecule has 1 spiro atoms. The Morgan fingerprint density at radius 3 is 2.68 bits per heavy atom. The van der Waals surface area contributed by atoms with Crippen LogP contribution in [0.4, 0.5) is 5.69 Å². The van der Waals surface area contributed by atoms with Crippen molar-refractivity contribution >= 4 is 17.5 Å². The van der Waals surface area contributed by atoms with Gasteiger partial charge in [-0.3, -0.25) is 9.59 Å². The van der Waals surface area contributed by atoms with E-state index in [9.17, 15) is 9.59 Å². The lowest BCUT2D eigenvalue weighted by atomic mass is 9.91. The van der Waals surface area contributed by atoms with Crippen LogP contribution in [0.3, 0.4) is 0 Å². The minimum atomic E-state index is -0.416. The molecule has 1 aromatic rings. The van der Waals surface area contributed by atoms with Gasteiger partial charge < -0.3 is 15.5 Å². The smallest absolute Gasteiger partial charge is 0.255 e. The zero-order valence-electron chi connectivity index (χ0n) is 13.2. The molecule has 0 aromatic heterocycles. The van der Waals surface area contributed by atoms with E-state index < -0.39 is 5.66 Å². The van der Waals surface area contributed by atoms with Crippen molar-refractivity contribution < 1.29 is 9.59 Å². The van der Waals surface area contributed by atoms with E-state index in [1.165, 1.54) is 0 Å². The van der Waals surface area contributed by atoms with Crippen molar-refractivity contribution in [2.45, 2.75) is 45.2 Å². The van der Waals surface area contributed by atoms with E-state index >= 15 is 0 Å². The largest absolute Gasteiger partial charge is 0.362 e. The van der Waals surface area contributed by atoms with E-state index in [4.69, 9.17) is 0 Å². The second-order valence-electron chi connectivity index (χ2n) is 6.29. The Bertz CT molecular complexity index is 604. The number of fused-ring (bicyclic) bond motifs is 1. The molecule has 0 bridgehead atoms. The minimum absolute atomic E-state index is 0.0137. The summed E-state index contributed by atoms with van der Waals surface area (Å²) in [4.78, 5) is 26.4. The number of hydrogen-bond donors (Lipinski definition) is 2. The van der Waals surface area contributed by atoms with Crippen molar-refractivity contribution in [1.29, 1.82) is 0 Å². The highest BCUT2D eigenvalue weighted by Crippen LogP contribution is 2.32. The summed E-state index contributed by atoms with van der Waals surface area (Å²) in [6.07, 6.45) is 2.96. The Morgan fingerprint density at radius 1 is 1.27 bits per heavy atom. The zero-order chi connectivity index (χ0) is 15.7. The molecule has 2 amide bonds. The van der Waals surface area contributed by atoms with Gasteiger partial charge in [-0.05, 0) is 25.0 Å². The Labute approximate surface area is 131 Å². The average Bonchev–Trinajstić information content (AvgIpc) is 2.47. The van der Waals surface area contributed by atoms with Gasteiger partial charge in [0.2, 0.25) is 5.91 Å². The number of anilines is 1. The van der Waals surface area contributed by atoms with Crippen LogP contribution < -0.4 is 10.6 Å². The molecule has 0 unspecified atom stereocenters. The van der Waals surface area contributed by atoms with E-state index in [0.29, 0.717) is 19.5 Å². The van der Waals surface area contributed by atoms with Crippen LogP contribution in [0.2, 0.25) is 0 Å². The first-order valence-corrected chi connectivity index (χ1v) is 8.03. The Balaban J connectivity index is 1.75. The molecule has 3 rings (SSSR count). The maximum Gasteiger partial charge on any atom is 0.255 e. The fraction of sp³-hybridized carbons (Fsp3) is 0.529. The van der Waals surface area contributed by atoms with Gasteiger partial charge in [-0.1, -0.05) is 19.1 Å². The number of benzene rings is 1. The topological polar surface area (TPSA) is 61.4 Å². The SMILES string of the molecule is CCCC(=O)N1CCC2(CC1)NC(=O)c1c(C)cccc1N2. The summed E-state index contributed by atoms with van der Waals surface area (Å²) in [5, 5.41) is 6.64. The predicted octanol–water partition coefficient (Wildman–Crippen LogP) is 2.27. The number of rotatable bonds is 2. The monoisotopic (exact) mass is 301 g/mol. The fourth-order valence-corrected chi connectivity index (χ4v) is 3.40. The van der Waals surface area contributed by atoms with E-state index in [0.717, 1.165) is 36.1 Å². The van der Waals surface area contributed by atoms with Crippen molar-refractivity contribution in [3.05, 3.63) is 29.3 Å². The summed E-state index contributed by atoms with van der Waals surface area (Å²) in [5.41, 5.74) is 2.20. The lowest BCUT2D eigenvalue weighted by Crippen LogP contribution is -2.62. The third kappa shape index (κ3) is 2.56. The van der Waals surface area contributed by atoms with Crippen LogP contribution in [-0.2, 0) is 4.79 Å². The second kappa shape index (κ2) is 5.63. The van der Waals surface area contributed by atoms with Gasteiger partial charge in [-0.15, -0.1) is 0 Å². The zero-order valence-corrected chi connectivity index (χ0v) is 13.2. The highest BCUT2D eigenvalue weighted by molar-refractivity contribution is 6.03. The van der Waals surface area contributed by atoms with E-state index in [2.05, 4.69) is 10.6 Å². The molecule has 2 heterocycles. The van der Waals surface area contributed by atoms with E-state index in [1.807, 2.05) is 36.9 Å². The van der Waals surface area contributed by atoms with Gasteiger partial charge in [0.15, 0.2) is 0 Å². The van der Waals surface area contributed by atoms with Gasteiger partial charge in [0.05, 0.1) is 5.56 Å². The minimum Gasteiger partial charge on any atom is -0.362 e. The third-order valence-electron chi connectivity index (χ3n) is 4.66. The summed E-state index contributed by atoms with van der Waals surface area (Å²) >= 11 is 0. The van der Waals surface area contributed by atoms with Crippen LogP contribution in [-0.4, -0.2) is 35.5 Å². The van der Waals surface area contributed by atoms with Crippen molar-refractivity contribution in [2.75, 3.05) is 18.4 Å². The molecule has 2 aliphatic rings. The first-order valence-electron chi connectivity index (χ1n) is 8.03. The molecule has 118 valence electrons. The quantitative estimate of drug-likeness (QED) is 0.881. The van der Waals surface area contributed by atoms with Crippen LogP contribution in [0.25, 0.3) is 0 Å². The molecule has 2 N–H and O–H groups in total. The number of carbonyl (C=O) groups excluding carboxylic acids is 2. The highest BCUT2D eigenvalue weighted by atomic mass is 16.2. The number of nitrogens with zero attached hydrogens (tertiary/aromatic N) is 1. The van der Waals surface area contributed by atoms with Gasteiger partial charge in [0, 0.05) is 38.0 Å². The third-order valence-corrected chi connectivity index (χ3v) is 4.66. The number of carbonyl (C=O) groups is 2. The number of likely N-dealkylation sites (tertiary alicyclic amines) is 1. The molecule has 22 heavy (non-hydrogen) atoms. The van der Waals surface area contributed by atoms with Crippen LogP contribution in [0.1, 0.15) is 48.5 Å². The van der Waals surface area contributed by atoms with Gasteiger partial charge in [-0.2, -0.15) is 0 Å². The van der Waals surface area contributed by atoms with Gasteiger partial charge in [0.25, 0.3) is 5.91 Å². The number of aryl methyl sites for hydroxylation is 1. The molecule has 0 aliphatic carbocycles. The van der Waals surface area contributed by atoms with Crippen LogP contribution >= 0.6 is 0 Å². The molecule has 1 saturated heterocycles. The summed E-state index contributed by atoms with van der Waals surface area (Å²) in [5.74, 6) is 0.205. The summed E-state index contributed by atoms with van der Waals surface area (Å²) < 4.78 is 0. The lowest BCUT2D eigenvalue weighted by Gasteiger charge is -2.46. The maximum absolute atomic E-state index is 12.5. The Kier molecular flexibility index (Phi) is 3.81. The summed E-state index contributed by atoms with van der Waals surface area (Å²) in [6.45, 7) is 5.34. The number of nitrogens with one attached hydrogen (secondary N) is 2. The molecule has 0 atom stereocenters. The molecule has 0 saturated carbocycles. The normalized spacial score (nSPS) is 19.4. The van der Waals surface area contributed by atoms with Gasteiger partial charge in [-0.25, -0.2) is 0 Å². The van der Waals surface area contributed by atoms with E-state index in [-0.39, 0.29) is 11.8 Å². The first-order chi connectivity index (χ1) is 10.5. The predicted molar refractivity (Wildman–Crippen MR) is 85.7 cm³/mol. The van der Waals surface area contributed by atoms with Crippen molar-refractivity contribution in [3.63, 3.8) is 0 Å². The highest BCUT2D eigenvalue weighted by Gasteiger charge is 2.41. The molecular formula is C17H23N3O2. The number of hydrogen-bond acceptors (Lipinski definition) is 3. The first kappa shape index (κ1) is 14.9. The maximum atomic E-state index is 12.5. The van der Waals surface area contributed by atoms with Gasteiger partial charge in [0.1, 0.15) is 5.66 Å². The molecule has 0 radical (unpaired) electrons. The molecule has 2 aliphatic heterocycles. The number of amides is 2. The lowest BCUT2D eigenvalue weighted by molar-refractivity contribution is -0.132. The fourth-order valence-electron chi connectivity index (χ4n) is 3.40. The molecule has 5 nitrogen and oxygen atoms in total. The van der Waals surface area contributed by atoms with Gasteiger partial charge >= 0.3 is 0 Å². The van der Waals surface area contributed by atoms with Crippen molar-refractivity contribution in [1.82, 2.24) is 10.2 Å². The standard InChI is InChI=1S/C17H23N3O2/c1-3-5-14(21)20-10-8-17(9-11-20)18-13-7-4-6-12(2)15(13)16(22)19-17/h4,6-7,18H,3,5,8-11H2,1-2H3,(H,19,22). The molecule has 1 aromatic carbocycles.